The van der Waals surface area contributed by atoms with Crippen LogP contribution in [-0.2, 0) is 13.5 Å². The van der Waals surface area contributed by atoms with Crippen LogP contribution in [0.4, 0.5) is 5.82 Å². The number of pyridine rings is 1. The predicted molar refractivity (Wildman–Crippen MR) is 112 cm³/mol. The van der Waals surface area contributed by atoms with Crippen LogP contribution in [0, 0.1) is 18.3 Å². The minimum absolute atomic E-state index is 0.246. The second-order valence-electron chi connectivity index (χ2n) is 7.47. The summed E-state index contributed by atoms with van der Waals surface area (Å²) in [5, 5.41) is 25.0. The first-order valence-corrected chi connectivity index (χ1v) is 9.56. The second-order valence-corrected chi connectivity index (χ2v) is 7.47. The van der Waals surface area contributed by atoms with Gasteiger partial charge in [-0.15, -0.1) is 0 Å². The standard InChI is InChI=1S/C21H22BN5O2/c1-12-4-5-14-6-7-22(28)20-19(17(10-23)27(3)26-20)15-9-18(21(24)25-11-15)29-13(2)16(14)8-12/h4-5,8-9,11,13,28H,6-7H2,1-3H3,(H2,24,25)/t13-/m1/s1. The summed E-state index contributed by atoms with van der Waals surface area (Å²) in [6.45, 7) is 3.20. The van der Waals surface area contributed by atoms with Crippen LogP contribution in [0.1, 0.15) is 35.4 Å². The van der Waals surface area contributed by atoms with Gasteiger partial charge in [0.25, 0.3) is 0 Å². The number of anilines is 1. The molecule has 0 spiro atoms. The van der Waals surface area contributed by atoms with E-state index in [1.807, 2.05) is 13.8 Å². The molecule has 0 saturated carbocycles. The highest BCUT2D eigenvalue weighted by Crippen LogP contribution is 2.33. The van der Waals surface area contributed by atoms with Crippen molar-refractivity contribution in [2.45, 2.75) is 32.7 Å². The van der Waals surface area contributed by atoms with Crippen LogP contribution in [0.5, 0.6) is 5.75 Å². The Balaban J connectivity index is 1.94. The fourth-order valence-corrected chi connectivity index (χ4v) is 3.88. The summed E-state index contributed by atoms with van der Waals surface area (Å²) in [5.74, 6) is 0.715. The number of hydrogen-bond acceptors (Lipinski definition) is 6. The van der Waals surface area contributed by atoms with Crippen LogP contribution in [0.25, 0.3) is 11.1 Å². The predicted octanol–water partition coefficient (Wildman–Crippen LogP) is 2.13. The van der Waals surface area contributed by atoms with Gasteiger partial charge in [0.15, 0.2) is 11.6 Å². The molecule has 29 heavy (non-hydrogen) atoms. The molecule has 3 aromatic rings. The van der Waals surface area contributed by atoms with Gasteiger partial charge in [0.1, 0.15) is 17.9 Å². The molecule has 1 atom stereocenters. The third-order valence-electron chi connectivity index (χ3n) is 5.40. The Morgan fingerprint density at radius 2 is 2.17 bits per heavy atom. The summed E-state index contributed by atoms with van der Waals surface area (Å²) < 4.78 is 7.69. The number of aromatic nitrogens is 3. The molecular weight excluding hydrogens is 365 g/mol. The molecule has 0 saturated heterocycles. The van der Waals surface area contributed by atoms with Crippen molar-refractivity contribution in [2.75, 3.05) is 5.73 Å². The molecule has 0 radical (unpaired) electrons. The van der Waals surface area contributed by atoms with Crippen LogP contribution in [0.15, 0.2) is 30.5 Å². The van der Waals surface area contributed by atoms with Crippen LogP contribution in [0.2, 0.25) is 6.32 Å². The fourth-order valence-electron chi connectivity index (χ4n) is 3.88. The molecule has 1 aromatic carbocycles. The van der Waals surface area contributed by atoms with Crippen molar-refractivity contribution in [2.24, 2.45) is 7.05 Å². The summed E-state index contributed by atoms with van der Waals surface area (Å²) in [5.41, 5.74) is 11.4. The third kappa shape index (κ3) is 3.34. The molecule has 1 aliphatic heterocycles. The maximum atomic E-state index is 10.9. The van der Waals surface area contributed by atoms with E-state index in [0.717, 1.165) is 16.7 Å². The van der Waals surface area contributed by atoms with E-state index in [2.05, 4.69) is 34.4 Å². The first kappa shape index (κ1) is 19.0. The van der Waals surface area contributed by atoms with Crippen molar-refractivity contribution in [1.29, 1.82) is 5.26 Å². The zero-order valence-electron chi connectivity index (χ0n) is 16.7. The van der Waals surface area contributed by atoms with Gasteiger partial charge in [-0.05, 0) is 43.8 Å². The van der Waals surface area contributed by atoms with Gasteiger partial charge in [-0.3, -0.25) is 4.68 Å². The van der Waals surface area contributed by atoms with E-state index in [4.69, 9.17) is 10.5 Å². The van der Waals surface area contributed by atoms with Crippen LogP contribution >= 0.6 is 0 Å². The molecule has 2 aromatic heterocycles. The number of nitrogen functional groups attached to an aromatic ring is 1. The van der Waals surface area contributed by atoms with Gasteiger partial charge in [-0.1, -0.05) is 23.8 Å². The number of nitriles is 1. The fraction of sp³-hybridized carbons (Fsp3) is 0.286. The third-order valence-corrected chi connectivity index (χ3v) is 5.40. The Kier molecular flexibility index (Phi) is 4.77. The van der Waals surface area contributed by atoms with E-state index in [9.17, 15) is 10.3 Å². The Morgan fingerprint density at radius 1 is 1.38 bits per heavy atom. The van der Waals surface area contributed by atoms with E-state index in [0.29, 0.717) is 40.9 Å². The van der Waals surface area contributed by atoms with E-state index < -0.39 is 6.92 Å². The minimum atomic E-state index is -0.816. The Hall–Kier alpha value is -3.31. The average Bonchev–Trinajstić information content (AvgIpc) is 3.04. The number of nitrogens with two attached hydrogens (primary N) is 1. The zero-order chi connectivity index (χ0) is 20.7. The largest absolute Gasteiger partial charge is 0.482 e. The van der Waals surface area contributed by atoms with Crippen LogP contribution in [0.3, 0.4) is 0 Å². The number of fused-ring (bicyclic) bond motifs is 5. The molecule has 7 nitrogen and oxygen atoms in total. The van der Waals surface area contributed by atoms with E-state index in [1.54, 1.807) is 19.3 Å². The Bertz CT molecular complexity index is 1130. The number of benzene rings is 1. The monoisotopic (exact) mass is 387 g/mol. The molecular formula is C21H22BN5O2. The lowest BCUT2D eigenvalue weighted by molar-refractivity contribution is 0.226. The molecule has 0 unspecified atom stereocenters. The number of nitrogens with zero attached hydrogens (tertiary/aromatic N) is 4. The quantitative estimate of drug-likeness (QED) is 0.572. The number of hydrogen-bond donors (Lipinski definition) is 2. The van der Waals surface area contributed by atoms with Crippen molar-refractivity contribution in [3.05, 3.63) is 52.8 Å². The molecule has 8 heteroatoms. The maximum absolute atomic E-state index is 10.9. The van der Waals surface area contributed by atoms with Crippen molar-refractivity contribution in [1.82, 2.24) is 14.8 Å². The lowest BCUT2D eigenvalue weighted by Gasteiger charge is -2.21. The van der Waals surface area contributed by atoms with Gasteiger partial charge < -0.3 is 15.5 Å². The van der Waals surface area contributed by atoms with Crippen molar-refractivity contribution in [3.63, 3.8) is 0 Å². The summed E-state index contributed by atoms with van der Waals surface area (Å²) in [6.07, 6.45) is 2.48. The van der Waals surface area contributed by atoms with Gasteiger partial charge >= 0.3 is 6.92 Å². The second kappa shape index (κ2) is 7.26. The highest BCUT2D eigenvalue weighted by molar-refractivity contribution is 6.67. The molecule has 146 valence electrons. The minimum Gasteiger partial charge on any atom is -0.482 e. The first-order valence-electron chi connectivity index (χ1n) is 9.56. The smallest absolute Gasteiger partial charge is 0.347 e. The van der Waals surface area contributed by atoms with Crippen molar-refractivity contribution in [3.8, 4) is 22.9 Å². The average molecular weight is 387 g/mol. The van der Waals surface area contributed by atoms with Crippen LogP contribution in [-0.4, -0.2) is 26.7 Å². The zero-order valence-corrected chi connectivity index (χ0v) is 16.7. The van der Waals surface area contributed by atoms with E-state index in [1.165, 1.54) is 4.68 Å². The Morgan fingerprint density at radius 3 is 2.93 bits per heavy atom. The highest BCUT2D eigenvalue weighted by Gasteiger charge is 2.29. The van der Waals surface area contributed by atoms with Gasteiger partial charge in [0.05, 0.1) is 5.59 Å². The Labute approximate surface area is 169 Å². The lowest BCUT2D eigenvalue weighted by Crippen LogP contribution is -2.34. The summed E-state index contributed by atoms with van der Waals surface area (Å²) in [6, 6.07) is 10.2. The number of aryl methyl sites for hydroxylation is 3. The van der Waals surface area contributed by atoms with Gasteiger partial charge in [0.2, 0.25) is 0 Å². The molecule has 3 N–H and O–H groups in total. The van der Waals surface area contributed by atoms with E-state index in [-0.39, 0.29) is 11.9 Å². The number of rotatable bonds is 0. The van der Waals surface area contributed by atoms with Gasteiger partial charge in [-0.2, -0.15) is 10.4 Å². The molecule has 0 fully saturated rings. The van der Waals surface area contributed by atoms with Gasteiger partial charge in [0, 0.05) is 24.4 Å². The first-order chi connectivity index (χ1) is 13.9. The van der Waals surface area contributed by atoms with E-state index >= 15 is 0 Å². The topological polar surface area (TPSA) is 110 Å². The summed E-state index contributed by atoms with van der Waals surface area (Å²) in [4.78, 5) is 4.27. The maximum Gasteiger partial charge on any atom is 0.347 e. The van der Waals surface area contributed by atoms with Crippen LogP contribution < -0.4 is 16.1 Å². The lowest BCUT2D eigenvalue weighted by atomic mass is 9.58. The molecule has 0 aliphatic carbocycles. The molecule has 3 heterocycles. The molecule has 4 rings (SSSR count). The highest BCUT2D eigenvalue weighted by atomic mass is 16.5. The number of ether oxygens (including phenoxy) is 1. The van der Waals surface area contributed by atoms with Gasteiger partial charge in [-0.25, -0.2) is 4.98 Å². The normalized spacial score (nSPS) is 16.0. The summed E-state index contributed by atoms with van der Waals surface area (Å²) >= 11 is 0. The molecule has 1 aliphatic rings. The van der Waals surface area contributed by atoms with Crippen molar-refractivity contribution >= 4 is 18.3 Å². The van der Waals surface area contributed by atoms with Crippen molar-refractivity contribution < 1.29 is 9.76 Å². The summed E-state index contributed by atoms with van der Waals surface area (Å²) in [7, 11) is 1.69. The molecule has 0 amide bonds. The molecule has 2 bridgehead atoms. The SMILES string of the molecule is Cc1ccc2c(c1)[C@@H](C)Oc1cc(cnc1N)-c1c(nn(C)c1C#N)B(O)CC2.